The quantitative estimate of drug-likeness (QED) is 0.830. The van der Waals surface area contributed by atoms with Gasteiger partial charge in [0.25, 0.3) is 0 Å². The average Bonchev–Trinajstić information content (AvgIpc) is 3.30. The van der Waals surface area contributed by atoms with Crippen LogP contribution in [0.3, 0.4) is 0 Å². The van der Waals surface area contributed by atoms with Crippen LogP contribution in [0.15, 0.2) is 18.3 Å². The van der Waals surface area contributed by atoms with Crippen LogP contribution in [-0.2, 0) is 9.53 Å². The second-order valence-electron chi connectivity index (χ2n) is 7.30. The number of amides is 1. The number of carbonyl (C=O) groups is 1. The molecule has 0 radical (unpaired) electrons. The van der Waals surface area contributed by atoms with Crippen molar-refractivity contribution in [1.82, 2.24) is 9.88 Å². The van der Waals surface area contributed by atoms with Crippen molar-refractivity contribution in [1.29, 1.82) is 0 Å². The van der Waals surface area contributed by atoms with Crippen molar-refractivity contribution in [3.63, 3.8) is 0 Å². The smallest absolute Gasteiger partial charge is 0.250 e. The van der Waals surface area contributed by atoms with Crippen LogP contribution in [0.1, 0.15) is 32.1 Å². The molecular weight excluding hydrogens is 311 g/mol. The zero-order valence-electron chi connectivity index (χ0n) is 13.7. The Bertz CT molecular complexity index is 622. The fourth-order valence-corrected chi connectivity index (χ4v) is 3.86. The first-order valence-corrected chi connectivity index (χ1v) is 8.79. The minimum atomic E-state index is -0.457. The highest BCUT2D eigenvalue weighted by Gasteiger charge is 2.49. The molecule has 1 aliphatic carbocycles. The van der Waals surface area contributed by atoms with Crippen LogP contribution in [0.2, 0.25) is 0 Å². The minimum Gasteiger partial charge on any atom is -0.475 e. The standard InChI is InChI=1S/C18H23FN2O3/c19-14-2-1-7-20-17(14)24-12-18-6-9-23-15(18)5-8-21(11-18)16(22)10-13-3-4-13/h1-2,7,13,15H,3-6,8-12H2/t15-,18+/m1/s1. The molecule has 3 fully saturated rings. The Morgan fingerprint density at radius 2 is 2.33 bits per heavy atom. The van der Waals surface area contributed by atoms with Gasteiger partial charge in [-0.3, -0.25) is 4.79 Å². The van der Waals surface area contributed by atoms with Crippen LogP contribution < -0.4 is 4.74 Å². The fraction of sp³-hybridized carbons (Fsp3) is 0.667. The summed E-state index contributed by atoms with van der Waals surface area (Å²) in [7, 11) is 0. The van der Waals surface area contributed by atoms with Gasteiger partial charge < -0.3 is 14.4 Å². The zero-order chi connectivity index (χ0) is 16.6. The molecule has 2 saturated heterocycles. The number of fused-ring (bicyclic) bond motifs is 1. The number of nitrogens with zero attached hydrogens (tertiary/aromatic N) is 2. The van der Waals surface area contributed by atoms with Gasteiger partial charge in [0.1, 0.15) is 0 Å². The van der Waals surface area contributed by atoms with Gasteiger partial charge in [-0.15, -0.1) is 0 Å². The Hall–Kier alpha value is -1.69. The van der Waals surface area contributed by atoms with Gasteiger partial charge in [0.05, 0.1) is 18.1 Å². The first kappa shape index (κ1) is 15.8. The highest BCUT2D eigenvalue weighted by atomic mass is 19.1. The summed E-state index contributed by atoms with van der Waals surface area (Å²) < 4.78 is 25.3. The first-order valence-electron chi connectivity index (χ1n) is 8.79. The number of rotatable bonds is 5. The third-order valence-corrected chi connectivity index (χ3v) is 5.50. The van der Waals surface area contributed by atoms with Crippen molar-refractivity contribution in [3.05, 3.63) is 24.1 Å². The lowest BCUT2D eigenvalue weighted by Gasteiger charge is -2.43. The summed E-state index contributed by atoms with van der Waals surface area (Å²) in [5, 5.41) is 0. The molecule has 0 aromatic carbocycles. The normalized spacial score (nSPS) is 29.4. The molecule has 6 heteroatoms. The summed E-state index contributed by atoms with van der Waals surface area (Å²) in [6.45, 7) is 2.38. The minimum absolute atomic E-state index is 0.0268. The van der Waals surface area contributed by atoms with E-state index in [1.807, 2.05) is 4.90 Å². The molecule has 1 saturated carbocycles. The van der Waals surface area contributed by atoms with Gasteiger partial charge in [-0.2, -0.15) is 0 Å². The number of halogens is 1. The Morgan fingerprint density at radius 3 is 3.12 bits per heavy atom. The summed E-state index contributed by atoms with van der Waals surface area (Å²) in [5.74, 6) is 0.400. The van der Waals surface area contributed by atoms with Crippen LogP contribution in [0.5, 0.6) is 5.88 Å². The van der Waals surface area contributed by atoms with Gasteiger partial charge >= 0.3 is 0 Å². The predicted molar refractivity (Wildman–Crippen MR) is 85.0 cm³/mol. The van der Waals surface area contributed by atoms with E-state index in [1.54, 1.807) is 6.07 Å². The number of hydrogen-bond donors (Lipinski definition) is 0. The van der Waals surface area contributed by atoms with E-state index in [4.69, 9.17) is 9.47 Å². The second-order valence-corrected chi connectivity index (χ2v) is 7.30. The van der Waals surface area contributed by atoms with E-state index < -0.39 is 5.82 Å². The molecule has 1 amide bonds. The number of ether oxygens (including phenoxy) is 2. The maximum atomic E-state index is 13.8. The van der Waals surface area contributed by atoms with Crippen molar-refractivity contribution < 1.29 is 18.7 Å². The lowest BCUT2D eigenvalue weighted by molar-refractivity contribution is -0.138. The number of piperidine rings is 1. The number of aromatic nitrogens is 1. The summed E-state index contributed by atoms with van der Waals surface area (Å²) >= 11 is 0. The molecule has 3 heterocycles. The molecule has 3 aliphatic rings. The maximum Gasteiger partial charge on any atom is 0.250 e. The topological polar surface area (TPSA) is 51.7 Å². The van der Waals surface area contributed by atoms with Gasteiger partial charge in [0.15, 0.2) is 5.82 Å². The molecule has 0 bridgehead atoms. The monoisotopic (exact) mass is 334 g/mol. The molecule has 1 aromatic heterocycles. The molecule has 2 aliphatic heterocycles. The number of likely N-dealkylation sites (tertiary alicyclic amines) is 1. The summed E-state index contributed by atoms with van der Waals surface area (Å²) in [6.07, 6.45) is 6.28. The second kappa shape index (κ2) is 6.31. The third kappa shape index (κ3) is 3.11. The first-order chi connectivity index (χ1) is 11.7. The van der Waals surface area contributed by atoms with Crippen LogP contribution in [0.4, 0.5) is 4.39 Å². The van der Waals surface area contributed by atoms with Gasteiger partial charge in [-0.1, -0.05) is 0 Å². The molecule has 1 aromatic rings. The van der Waals surface area contributed by atoms with Gasteiger partial charge in [0.2, 0.25) is 11.8 Å². The average molecular weight is 334 g/mol. The van der Waals surface area contributed by atoms with Crippen LogP contribution >= 0.6 is 0 Å². The summed E-state index contributed by atoms with van der Waals surface area (Å²) in [4.78, 5) is 18.4. The molecule has 5 nitrogen and oxygen atoms in total. The van der Waals surface area contributed by atoms with Gasteiger partial charge in [-0.25, -0.2) is 9.37 Å². The lowest BCUT2D eigenvalue weighted by Crippen LogP contribution is -2.54. The molecule has 4 rings (SSSR count). The Morgan fingerprint density at radius 1 is 1.46 bits per heavy atom. The van der Waals surface area contributed by atoms with E-state index in [1.165, 1.54) is 25.1 Å². The molecule has 0 unspecified atom stereocenters. The van der Waals surface area contributed by atoms with E-state index in [0.29, 0.717) is 32.1 Å². The van der Waals surface area contributed by atoms with Crippen molar-refractivity contribution in [2.75, 3.05) is 26.3 Å². The van der Waals surface area contributed by atoms with E-state index in [0.717, 1.165) is 19.4 Å². The largest absolute Gasteiger partial charge is 0.475 e. The van der Waals surface area contributed by atoms with Gasteiger partial charge in [-0.05, 0) is 43.7 Å². The fourth-order valence-electron chi connectivity index (χ4n) is 3.86. The molecule has 0 N–H and O–H groups in total. The molecule has 24 heavy (non-hydrogen) atoms. The van der Waals surface area contributed by atoms with Crippen molar-refractivity contribution in [2.45, 2.75) is 38.2 Å². The molecule has 130 valence electrons. The van der Waals surface area contributed by atoms with Crippen LogP contribution in [0, 0.1) is 17.2 Å². The Balaban J connectivity index is 1.45. The number of carbonyl (C=O) groups excluding carboxylic acids is 1. The van der Waals surface area contributed by atoms with Crippen LogP contribution in [0.25, 0.3) is 0 Å². The number of hydrogen-bond acceptors (Lipinski definition) is 4. The van der Waals surface area contributed by atoms with E-state index in [2.05, 4.69) is 4.98 Å². The Kier molecular flexibility index (Phi) is 4.16. The highest BCUT2D eigenvalue weighted by Crippen LogP contribution is 2.42. The summed E-state index contributed by atoms with van der Waals surface area (Å²) in [6, 6.07) is 2.88. The van der Waals surface area contributed by atoms with E-state index in [-0.39, 0.29) is 23.3 Å². The highest BCUT2D eigenvalue weighted by molar-refractivity contribution is 5.77. The predicted octanol–water partition coefficient (Wildman–Crippen LogP) is 2.41. The third-order valence-electron chi connectivity index (χ3n) is 5.50. The number of pyridine rings is 1. The Labute approximate surface area is 141 Å². The van der Waals surface area contributed by atoms with Crippen LogP contribution in [-0.4, -0.2) is 48.2 Å². The SMILES string of the molecule is O=C(CC1CC1)N1CC[C@H]2OCC[C@@]2(COc2ncccc2F)C1. The molecule has 2 atom stereocenters. The van der Waals surface area contributed by atoms with E-state index in [9.17, 15) is 9.18 Å². The van der Waals surface area contributed by atoms with Crippen molar-refractivity contribution in [2.24, 2.45) is 11.3 Å². The van der Waals surface area contributed by atoms with Gasteiger partial charge in [0, 0.05) is 32.3 Å². The van der Waals surface area contributed by atoms with E-state index >= 15 is 0 Å². The van der Waals surface area contributed by atoms with Crippen molar-refractivity contribution >= 4 is 5.91 Å². The zero-order valence-corrected chi connectivity index (χ0v) is 13.7. The van der Waals surface area contributed by atoms with Crippen molar-refractivity contribution in [3.8, 4) is 5.88 Å². The maximum absolute atomic E-state index is 13.8. The lowest BCUT2D eigenvalue weighted by atomic mass is 9.77. The summed E-state index contributed by atoms with van der Waals surface area (Å²) in [5.41, 5.74) is -0.249. The molecule has 0 spiro atoms. The molecular formula is C18H23FN2O3.